The van der Waals surface area contributed by atoms with Gasteiger partial charge in [0.25, 0.3) is 0 Å². The van der Waals surface area contributed by atoms with Gasteiger partial charge in [0.15, 0.2) is 11.9 Å². The summed E-state index contributed by atoms with van der Waals surface area (Å²) in [6, 6.07) is 0. The summed E-state index contributed by atoms with van der Waals surface area (Å²) in [5.41, 5.74) is 0. The lowest BCUT2D eigenvalue weighted by molar-refractivity contribution is 0.345. The van der Waals surface area contributed by atoms with Gasteiger partial charge < -0.3 is 19.6 Å². The van der Waals surface area contributed by atoms with E-state index in [4.69, 9.17) is 9.98 Å². The van der Waals surface area contributed by atoms with E-state index in [1.807, 2.05) is 0 Å². The Morgan fingerprint density at radius 2 is 0.710 bits per heavy atom. The smallest absolute Gasteiger partial charge is 0.196 e. The summed E-state index contributed by atoms with van der Waals surface area (Å²) in [6.45, 7) is 11.0. The summed E-state index contributed by atoms with van der Waals surface area (Å²) in [5.74, 6) is 12.4. The highest BCUT2D eigenvalue weighted by molar-refractivity contribution is 8.00. The molecule has 4 fully saturated rings. The van der Waals surface area contributed by atoms with Crippen LogP contribution in [0.15, 0.2) is 9.98 Å². The average Bonchev–Trinajstić information content (AvgIpc) is 2.86. The molecule has 6 nitrogen and oxygen atoms in total. The van der Waals surface area contributed by atoms with E-state index in [9.17, 15) is 0 Å². The van der Waals surface area contributed by atoms with E-state index in [1.165, 1.54) is 57.9 Å². The van der Waals surface area contributed by atoms with E-state index in [1.54, 1.807) is 0 Å². The fraction of sp³-hybridized carbons (Fsp3) is 0.905. The Hall–Kier alpha value is -0.0600. The molecular formula is C21H38N6S4. The first-order chi connectivity index (χ1) is 15.4. The molecule has 0 unspecified atom stereocenters. The van der Waals surface area contributed by atoms with E-state index in [0.29, 0.717) is 0 Å². The van der Waals surface area contributed by atoms with E-state index < -0.39 is 0 Å². The van der Waals surface area contributed by atoms with E-state index in [0.717, 1.165) is 71.9 Å². The van der Waals surface area contributed by atoms with Gasteiger partial charge >= 0.3 is 0 Å². The highest BCUT2D eigenvalue weighted by Crippen LogP contribution is 2.17. The van der Waals surface area contributed by atoms with Gasteiger partial charge in [-0.05, 0) is 6.42 Å². The first-order valence-electron chi connectivity index (χ1n) is 11.8. The molecule has 31 heavy (non-hydrogen) atoms. The number of thioether (sulfide) groups is 4. The minimum Gasteiger partial charge on any atom is -0.341 e. The molecule has 4 aliphatic heterocycles. The van der Waals surface area contributed by atoms with Crippen LogP contribution in [0.3, 0.4) is 0 Å². The maximum atomic E-state index is 5.14. The zero-order chi connectivity index (χ0) is 21.1. The summed E-state index contributed by atoms with van der Waals surface area (Å²) < 4.78 is 0. The van der Waals surface area contributed by atoms with Crippen LogP contribution in [0, 0.1) is 0 Å². The van der Waals surface area contributed by atoms with Crippen LogP contribution < -0.4 is 0 Å². The quantitative estimate of drug-likeness (QED) is 0.329. The van der Waals surface area contributed by atoms with Crippen LogP contribution >= 0.6 is 47.0 Å². The summed E-state index contributed by atoms with van der Waals surface area (Å²) in [6.07, 6.45) is 1.04. The van der Waals surface area contributed by atoms with Crippen molar-refractivity contribution in [3.63, 3.8) is 0 Å². The maximum Gasteiger partial charge on any atom is 0.196 e. The molecule has 10 heteroatoms. The van der Waals surface area contributed by atoms with Crippen molar-refractivity contribution in [1.82, 2.24) is 19.6 Å². The van der Waals surface area contributed by atoms with Crippen molar-refractivity contribution in [3.8, 4) is 0 Å². The molecule has 0 bridgehead atoms. The Morgan fingerprint density at radius 3 is 0.968 bits per heavy atom. The number of nitrogens with zero attached hydrogens (tertiary/aromatic N) is 6. The molecule has 0 N–H and O–H groups in total. The van der Waals surface area contributed by atoms with Crippen LogP contribution in [0.2, 0.25) is 0 Å². The van der Waals surface area contributed by atoms with E-state index in [-0.39, 0.29) is 0 Å². The number of hydrogen-bond donors (Lipinski definition) is 0. The van der Waals surface area contributed by atoms with Gasteiger partial charge in [-0.25, -0.2) is 0 Å². The molecule has 4 heterocycles. The third-order valence-corrected chi connectivity index (χ3v) is 9.77. The Bertz CT molecular complexity index is 490. The molecule has 0 amide bonds. The number of rotatable bonds is 4. The fourth-order valence-electron chi connectivity index (χ4n) is 4.28. The first kappa shape index (κ1) is 24.1. The van der Waals surface area contributed by atoms with Crippen molar-refractivity contribution in [3.05, 3.63) is 0 Å². The van der Waals surface area contributed by atoms with Gasteiger partial charge in [0.2, 0.25) is 0 Å². The molecule has 0 aliphatic carbocycles. The molecule has 0 atom stereocenters. The largest absolute Gasteiger partial charge is 0.341 e. The van der Waals surface area contributed by atoms with Crippen LogP contribution in [-0.2, 0) is 0 Å². The van der Waals surface area contributed by atoms with Crippen molar-refractivity contribution < 1.29 is 0 Å². The molecule has 0 radical (unpaired) electrons. The topological polar surface area (TPSA) is 37.7 Å². The van der Waals surface area contributed by atoms with Crippen LogP contribution in [0.4, 0.5) is 0 Å². The second-order valence-corrected chi connectivity index (χ2v) is 13.0. The van der Waals surface area contributed by atoms with Crippen molar-refractivity contribution in [2.45, 2.75) is 6.42 Å². The van der Waals surface area contributed by atoms with Gasteiger partial charge in [-0.1, -0.05) is 0 Å². The second-order valence-electron chi connectivity index (χ2n) is 8.11. The van der Waals surface area contributed by atoms with Crippen LogP contribution in [0.5, 0.6) is 0 Å². The molecular weight excluding hydrogens is 465 g/mol. The van der Waals surface area contributed by atoms with Crippen LogP contribution in [0.1, 0.15) is 6.42 Å². The number of hydrogen-bond acceptors (Lipinski definition) is 6. The standard InChI is InChI=1S/C21H38N6S4/c1(2-22-20(24-4-12-28-13-5-24)25-6-14-29-15-7-25)3-23-21(26-8-16-30-17-9-26)27-10-18-31-19-11-27/h1-19H2. The molecule has 0 saturated carbocycles. The van der Waals surface area contributed by atoms with Crippen molar-refractivity contribution in [1.29, 1.82) is 0 Å². The Morgan fingerprint density at radius 1 is 0.452 bits per heavy atom. The molecule has 4 aliphatic rings. The summed E-state index contributed by atoms with van der Waals surface area (Å²) in [7, 11) is 0. The zero-order valence-electron chi connectivity index (χ0n) is 18.8. The predicted octanol–water partition coefficient (Wildman–Crippen LogP) is 2.28. The van der Waals surface area contributed by atoms with Gasteiger partial charge in [0, 0.05) is 111 Å². The summed E-state index contributed by atoms with van der Waals surface area (Å²) >= 11 is 8.30. The monoisotopic (exact) mass is 502 g/mol. The molecule has 4 saturated heterocycles. The fourth-order valence-corrected chi connectivity index (χ4v) is 7.89. The van der Waals surface area contributed by atoms with Crippen molar-refractivity contribution in [2.24, 2.45) is 9.98 Å². The third-order valence-electron chi connectivity index (χ3n) is 6.00. The molecule has 176 valence electrons. The highest BCUT2D eigenvalue weighted by atomic mass is 32.2. The van der Waals surface area contributed by atoms with E-state index >= 15 is 0 Å². The molecule has 0 spiro atoms. The van der Waals surface area contributed by atoms with Gasteiger partial charge in [0.1, 0.15) is 0 Å². The Balaban J connectivity index is 1.34. The minimum atomic E-state index is 0.894. The first-order valence-corrected chi connectivity index (χ1v) is 16.4. The molecule has 0 aromatic carbocycles. The lowest BCUT2D eigenvalue weighted by atomic mass is 10.4. The highest BCUT2D eigenvalue weighted by Gasteiger charge is 2.23. The Kier molecular flexibility index (Phi) is 10.6. The zero-order valence-corrected chi connectivity index (χ0v) is 22.0. The van der Waals surface area contributed by atoms with Gasteiger partial charge in [0.05, 0.1) is 0 Å². The lowest BCUT2D eigenvalue weighted by Crippen LogP contribution is -2.50. The van der Waals surface area contributed by atoms with E-state index in [2.05, 4.69) is 66.6 Å². The summed E-state index contributed by atoms with van der Waals surface area (Å²) in [4.78, 5) is 20.4. The summed E-state index contributed by atoms with van der Waals surface area (Å²) in [5, 5.41) is 0. The molecule has 0 aromatic rings. The Labute approximate surface area is 205 Å². The number of guanidine groups is 2. The third kappa shape index (κ3) is 7.47. The average molecular weight is 503 g/mol. The SMILES string of the molecule is C(CN=C(N1CCSCC1)N1CCSCC1)CN=C(N1CCSCC1)N1CCSCC1. The van der Waals surface area contributed by atoms with Crippen LogP contribution in [-0.4, -0.2) is 143 Å². The normalized spacial score (nSPS) is 23.0. The molecule has 0 aromatic heterocycles. The van der Waals surface area contributed by atoms with Crippen LogP contribution in [0.25, 0.3) is 0 Å². The number of aliphatic imine (C=N–C) groups is 2. The van der Waals surface area contributed by atoms with Crippen molar-refractivity contribution >= 4 is 59.0 Å². The van der Waals surface area contributed by atoms with Crippen molar-refractivity contribution in [2.75, 3.05) is 111 Å². The predicted molar refractivity (Wildman–Crippen MR) is 145 cm³/mol. The van der Waals surface area contributed by atoms with Gasteiger partial charge in [-0.3, -0.25) is 9.98 Å². The minimum absolute atomic E-state index is 0.894. The van der Waals surface area contributed by atoms with Gasteiger partial charge in [-0.15, -0.1) is 0 Å². The van der Waals surface area contributed by atoms with Gasteiger partial charge in [-0.2, -0.15) is 47.0 Å². The molecule has 4 rings (SSSR count). The lowest BCUT2D eigenvalue weighted by Gasteiger charge is -2.38. The maximum absolute atomic E-state index is 5.14. The second kappa shape index (κ2) is 13.6.